The molecular weight excluding hydrogens is 320 g/mol. The predicted octanol–water partition coefficient (Wildman–Crippen LogP) is 3.58. The number of halogens is 2. The van der Waals surface area contributed by atoms with Crippen molar-refractivity contribution in [1.82, 2.24) is 10.2 Å². The van der Waals surface area contributed by atoms with E-state index in [-0.39, 0.29) is 10.9 Å². The van der Waals surface area contributed by atoms with E-state index in [1.165, 1.54) is 35.2 Å². The van der Waals surface area contributed by atoms with E-state index in [0.717, 1.165) is 16.1 Å². The fraction of sp³-hybridized carbons (Fsp3) is 0.333. The Morgan fingerprint density at radius 3 is 2.35 bits per heavy atom. The Hall–Kier alpha value is -0.700. The summed E-state index contributed by atoms with van der Waals surface area (Å²) in [6.45, 7) is 1.80. The van der Waals surface area contributed by atoms with Crippen LogP contribution in [0.5, 0.6) is 0 Å². The van der Waals surface area contributed by atoms with Crippen LogP contribution in [0.2, 0.25) is 0 Å². The zero-order chi connectivity index (χ0) is 14.7. The van der Waals surface area contributed by atoms with Crippen LogP contribution in [0.3, 0.4) is 0 Å². The lowest BCUT2D eigenvalue weighted by Crippen LogP contribution is -2.18. The highest BCUT2D eigenvalue weighted by Gasteiger charge is 2.16. The lowest BCUT2D eigenvalue weighted by molar-refractivity contribution is 0.535. The lowest BCUT2D eigenvalue weighted by atomic mass is 10.1. The molecule has 3 nitrogen and oxygen atoms in total. The van der Waals surface area contributed by atoms with Crippen LogP contribution in [0.4, 0.5) is 8.78 Å². The maximum Gasteiger partial charge on any atom is 0.180 e. The Balaban J connectivity index is 2.23. The van der Waals surface area contributed by atoms with Crippen LogP contribution in [0.25, 0.3) is 0 Å². The third-order valence-electron chi connectivity index (χ3n) is 2.37. The minimum Gasteiger partial charge on any atom is -0.328 e. The Labute approximate surface area is 128 Å². The summed E-state index contributed by atoms with van der Waals surface area (Å²) in [4.78, 5) is -0.0535. The summed E-state index contributed by atoms with van der Waals surface area (Å²) in [5.41, 5.74) is 6.19. The Bertz CT molecular complexity index is 578. The molecule has 0 amide bonds. The van der Waals surface area contributed by atoms with Crippen molar-refractivity contribution in [3.05, 3.63) is 29.3 Å². The molecule has 2 aromatic rings. The van der Waals surface area contributed by atoms with Crippen LogP contribution in [0, 0.1) is 11.6 Å². The number of hydrogen-bond donors (Lipinski definition) is 1. The van der Waals surface area contributed by atoms with Gasteiger partial charge in [-0.3, -0.25) is 0 Å². The molecule has 1 atom stereocenters. The molecule has 1 unspecified atom stereocenters. The quantitative estimate of drug-likeness (QED) is 0.848. The van der Waals surface area contributed by atoms with E-state index in [0.29, 0.717) is 16.3 Å². The highest BCUT2D eigenvalue weighted by molar-refractivity contribution is 8.03. The van der Waals surface area contributed by atoms with E-state index in [1.54, 1.807) is 6.92 Å². The van der Waals surface area contributed by atoms with Crippen molar-refractivity contribution < 1.29 is 8.78 Å². The molecule has 8 heteroatoms. The van der Waals surface area contributed by atoms with Crippen LogP contribution in [-0.2, 0) is 6.42 Å². The average Bonchev–Trinajstić information content (AvgIpc) is 2.81. The number of aromatic nitrogens is 2. The second-order valence-corrected chi connectivity index (χ2v) is 7.50. The lowest BCUT2D eigenvalue weighted by Gasteiger charge is -2.08. The van der Waals surface area contributed by atoms with Gasteiger partial charge in [0.1, 0.15) is 11.6 Å². The van der Waals surface area contributed by atoms with Gasteiger partial charge in [0, 0.05) is 6.04 Å². The topological polar surface area (TPSA) is 51.8 Å². The zero-order valence-corrected chi connectivity index (χ0v) is 13.3. The van der Waals surface area contributed by atoms with E-state index in [2.05, 4.69) is 10.2 Å². The molecule has 0 radical (unpaired) electrons. The van der Waals surface area contributed by atoms with Gasteiger partial charge in [0.2, 0.25) is 0 Å². The zero-order valence-electron chi connectivity index (χ0n) is 10.9. The van der Waals surface area contributed by atoms with Gasteiger partial charge in [0.25, 0.3) is 0 Å². The first-order valence-electron chi connectivity index (χ1n) is 5.78. The third-order valence-corrected chi connectivity index (χ3v) is 5.41. The van der Waals surface area contributed by atoms with Crippen molar-refractivity contribution in [3.8, 4) is 0 Å². The molecule has 0 bridgehead atoms. The van der Waals surface area contributed by atoms with Crippen molar-refractivity contribution in [2.75, 3.05) is 6.26 Å². The summed E-state index contributed by atoms with van der Waals surface area (Å²) in [6.07, 6.45) is 2.31. The van der Waals surface area contributed by atoms with Crippen LogP contribution in [0.15, 0.2) is 25.7 Å². The number of benzene rings is 1. The fourth-order valence-electron chi connectivity index (χ4n) is 1.61. The predicted molar refractivity (Wildman–Crippen MR) is 79.5 cm³/mol. The van der Waals surface area contributed by atoms with E-state index in [1.807, 2.05) is 6.26 Å². The van der Waals surface area contributed by atoms with Gasteiger partial charge in [-0.05, 0) is 37.3 Å². The van der Waals surface area contributed by atoms with Gasteiger partial charge in [0.15, 0.2) is 8.68 Å². The first kappa shape index (κ1) is 15.7. The molecule has 2 rings (SSSR count). The van der Waals surface area contributed by atoms with Gasteiger partial charge in [-0.25, -0.2) is 8.78 Å². The van der Waals surface area contributed by atoms with E-state index in [9.17, 15) is 8.78 Å². The maximum atomic E-state index is 14.0. The Morgan fingerprint density at radius 1 is 1.25 bits per heavy atom. The summed E-state index contributed by atoms with van der Waals surface area (Å²) in [5, 5.41) is 7.79. The smallest absolute Gasteiger partial charge is 0.180 e. The molecule has 0 aliphatic heterocycles. The summed E-state index contributed by atoms with van der Waals surface area (Å²) in [7, 11) is 0. The second kappa shape index (κ2) is 6.84. The molecule has 108 valence electrons. The molecule has 0 spiro atoms. The molecule has 1 heterocycles. The monoisotopic (exact) mass is 333 g/mol. The average molecular weight is 333 g/mol. The normalized spacial score (nSPS) is 12.7. The SMILES string of the molecule is CSc1nnc(Sc2c(F)cc(CC(C)N)cc2F)s1. The molecule has 2 N–H and O–H groups in total. The third kappa shape index (κ3) is 3.91. The summed E-state index contributed by atoms with van der Waals surface area (Å²) < 4.78 is 29.3. The Kier molecular flexibility index (Phi) is 5.36. The molecule has 1 aromatic carbocycles. The van der Waals surface area contributed by atoms with Gasteiger partial charge in [-0.15, -0.1) is 10.2 Å². The first-order chi connectivity index (χ1) is 9.49. The largest absolute Gasteiger partial charge is 0.328 e. The van der Waals surface area contributed by atoms with Crippen LogP contribution < -0.4 is 5.73 Å². The standard InChI is InChI=1S/C12H13F2N3S3/c1-6(15)3-7-4-8(13)10(9(14)5-7)19-12-17-16-11(18-2)20-12/h4-6H,3,15H2,1-2H3. The maximum absolute atomic E-state index is 14.0. The molecule has 0 saturated heterocycles. The number of thioether (sulfide) groups is 1. The van der Waals surface area contributed by atoms with Crippen molar-refractivity contribution >= 4 is 34.9 Å². The van der Waals surface area contributed by atoms with Crippen LogP contribution in [-0.4, -0.2) is 22.5 Å². The minimum atomic E-state index is -0.591. The molecule has 0 saturated carbocycles. The van der Waals surface area contributed by atoms with Crippen molar-refractivity contribution in [2.45, 2.75) is 33.0 Å². The number of nitrogens with two attached hydrogens (primary N) is 1. The van der Waals surface area contributed by atoms with Gasteiger partial charge < -0.3 is 5.73 Å². The van der Waals surface area contributed by atoms with Crippen molar-refractivity contribution in [2.24, 2.45) is 5.73 Å². The van der Waals surface area contributed by atoms with E-state index in [4.69, 9.17) is 5.73 Å². The van der Waals surface area contributed by atoms with Crippen molar-refractivity contribution in [3.63, 3.8) is 0 Å². The summed E-state index contributed by atoms with van der Waals surface area (Å²) in [5.74, 6) is -1.18. The molecule has 0 aliphatic carbocycles. The molecular formula is C12H13F2N3S3. The van der Waals surface area contributed by atoms with E-state index < -0.39 is 11.6 Å². The van der Waals surface area contributed by atoms with Gasteiger partial charge in [0.05, 0.1) is 4.90 Å². The number of nitrogens with zero attached hydrogens (tertiary/aromatic N) is 2. The second-order valence-electron chi connectivity index (χ2n) is 4.21. The van der Waals surface area contributed by atoms with Gasteiger partial charge in [-0.2, -0.15) is 0 Å². The summed E-state index contributed by atoms with van der Waals surface area (Å²) in [6, 6.07) is 2.51. The van der Waals surface area contributed by atoms with Crippen LogP contribution >= 0.6 is 34.9 Å². The molecule has 0 fully saturated rings. The Morgan fingerprint density at radius 2 is 1.85 bits per heavy atom. The molecule has 1 aromatic heterocycles. The van der Waals surface area contributed by atoms with E-state index >= 15 is 0 Å². The van der Waals surface area contributed by atoms with Crippen molar-refractivity contribution in [1.29, 1.82) is 0 Å². The highest BCUT2D eigenvalue weighted by Crippen LogP contribution is 2.36. The highest BCUT2D eigenvalue weighted by atomic mass is 32.2. The van der Waals surface area contributed by atoms with Gasteiger partial charge >= 0.3 is 0 Å². The molecule has 0 aliphatic rings. The van der Waals surface area contributed by atoms with Crippen LogP contribution in [0.1, 0.15) is 12.5 Å². The number of hydrogen-bond acceptors (Lipinski definition) is 6. The fourth-order valence-corrected chi connectivity index (χ4v) is 3.99. The molecule has 20 heavy (non-hydrogen) atoms. The first-order valence-corrected chi connectivity index (χ1v) is 8.64. The van der Waals surface area contributed by atoms with Gasteiger partial charge in [-0.1, -0.05) is 34.9 Å². The number of rotatable bonds is 5. The minimum absolute atomic E-state index is 0.0535. The summed E-state index contributed by atoms with van der Waals surface area (Å²) >= 11 is 3.71.